The first kappa shape index (κ1) is 20.7. The van der Waals surface area contributed by atoms with Crippen molar-refractivity contribution in [3.05, 3.63) is 65.0 Å². The van der Waals surface area contributed by atoms with Gasteiger partial charge in [-0.2, -0.15) is 0 Å². The summed E-state index contributed by atoms with van der Waals surface area (Å²) >= 11 is 0. The number of amides is 2. The van der Waals surface area contributed by atoms with Gasteiger partial charge in [0.15, 0.2) is 0 Å². The minimum Gasteiger partial charge on any atom is -0.467 e. The Morgan fingerprint density at radius 3 is 2.66 bits per heavy atom. The van der Waals surface area contributed by atoms with Gasteiger partial charge in [-0.05, 0) is 38.5 Å². The van der Waals surface area contributed by atoms with Crippen LogP contribution in [-0.2, 0) is 18.3 Å². The second-order valence-electron chi connectivity index (χ2n) is 7.21. The van der Waals surface area contributed by atoms with Gasteiger partial charge in [-0.3, -0.25) is 4.79 Å². The normalized spacial score (nSPS) is 11.2. The Hall–Kier alpha value is -3.06. The van der Waals surface area contributed by atoms with Crippen LogP contribution in [0.1, 0.15) is 26.0 Å². The van der Waals surface area contributed by atoms with E-state index in [1.54, 1.807) is 36.5 Å². The lowest BCUT2D eigenvalue weighted by Gasteiger charge is -2.23. The number of nitrogens with one attached hydrogen (secondary N) is 1. The number of anilines is 1. The number of urea groups is 1. The predicted molar refractivity (Wildman–Crippen MR) is 113 cm³/mol. The zero-order chi connectivity index (χ0) is 20.8. The predicted octanol–water partition coefficient (Wildman–Crippen LogP) is 3.98. The highest BCUT2D eigenvalue weighted by Gasteiger charge is 2.17. The molecule has 0 saturated heterocycles. The summed E-state index contributed by atoms with van der Waals surface area (Å²) in [6.45, 7) is 5.41. The van der Waals surface area contributed by atoms with Crippen molar-refractivity contribution in [2.75, 3.05) is 18.5 Å². The van der Waals surface area contributed by atoms with Crippen molar-refractivity contribution in [1.29, 1.82) is 0 Å². The molecule has 0 radical (unpaired) electrons. The molecular weight excluding hydrogens is 370 g/mol. The van der Waals surface area contributed by atoms with Gasteiger partial charge in [0, 0.05) is 37.2 Å². The Bertz CT molecular complexity index is 1010. The number of fused-ring (bicyclic) bond motifs is 1. The lowest BCUT2D eigenvalue weighted by molar-refractivity contribution is 0.0721. The zero-order valence-electron chi connectivity index (χ0n) is 17.1. The number of carbonyl (C=O) groups is 1. The Morgan fingerprint density at radius 2 is 1.97 bits per heavy atom. The molecule has 3 aromatic rings. The SMILES string of the molecule is CC(C)OCCCN(Cc1ccco1)C(=O)Nc1cn(C)c(=O)c2ccccc12. The van der Waals surface area contributed by atoms with Crippen LogP contribution in [-0.4, -0.2) is 34.8 Å². The number of hydrogen-bond acceptors (Lipinski definition) is 4. The molecule has 7 heteroatoms. The van der Waals surface area contributed by atoms with E-state index in [-0.39, 0.29) is 17.7 Å². The van der Waals surface area contributed by atoms with Crippen LogP contribution in [0.4, 0.5) is 10.5 Å². The summed E-state index contributed by atoms with van der Waals surface area (Å²) in [7, 11) is 1.67. The minimum absolute atomic E-state index is 0.100. The van der Waals surface area contributed by atoms with Crippen molar-refractivity contribution in [1.82, 2.24) is 9.47 Å². The molecular formula is C22H27N3O4. The molecule has 0 fully saturated rings. The number of carbonyl (C=O) groups excluding carboxylic acids is 1. The molecule has 0 unspecified atom stereocenters. The molecule has 0 atom stereocenters. The van der Waals surface area contributed by atoms with Gasteiger partial charge in [0.05, 0.1) is 24.6 Å². The molecule has 0 bridgehead atoms. The number of ether oxygens (including phenoxy) is 1. The molecule has 3 rings (SSSR count). The molecule has 2 aromatic heterocycles. The molecule has 1 N–H and O–H groups in total. The van der Waals surface area contributed by atoms with Gasteiger partial charge in [-0.25, -0.2) is 4.79 Å². The van der Waals surface area contributed by atoms with Crippen LogP contribution >= 0.6 is 0 Å². The minimum atomic E-state index is -0.255. The van der Waals surface area contributed by atoms with Gasteiger partial charge in [-0.1, -0.05) is 18.2 Å². The van der Waals surface area contributed by atoms with Gasteiger partial charge >= 0.3 is 6.03 Å². The fourth-order valence-electron chi connectivity index (χ4n) is 3.13. The quantitative estimate of drug-likeness (QED) is 0.583. The molecule has 7 nitrogen and oxygen atoms in total. The first-order valence-electron chi connectivity index (χ1n) is 9.74. The average Bonchev–Trinajstić information content (AvgIpc) is 3.21. The van der Waals surface area contributed by atoms with Crippen molar-refractivity contribution >= 4 is 22.5 Å². The average molecular weight is 397 g/mol. The van der Waals surface area contributed by atoms with Crippen molar-refractivity contribution in [3.63, 3.8) is 0 Å². The van der Waals surface area contributed by atoms with E-state index in [9.17, 15) is 9.59 Å². The van der Waals surface area contributed by atoms with Gasteiger partial charge in [0.2, 0.25) is 0 Å². The summed E-state index contributed by atoms with van der Waals surface area (Å²) in [4.78, 5) is 27.1. The van der Waals surface area contributed by atoms with Crippen molar-refractivity contribution in [2.45, 2.75) is 32.9 Å². The van der Waals surface area contributed by atoms with Crippen LogP contribution in [0.15, 0.2) is 58.1 Å². The summed E-state index contributed by atoms with van der Waals surface area (Å²) in [6.07, 6.45) is 4.10. The molecule has 29 heavy (non-hydrogen) atoms. The third kappa shape index (κ3) is 5.26. The van der Waals surface area contributed by atoms with Gasteiger partial charge < -0.3 is 23.9 Å². The first-order chi connectivity index (χ1) is 14.0. The first-order valence-corrected chi connectivity index (χ1v) is 9.74. The highest BCUT2D eigenvalue weighted by Crippen LogP contribution is 2.21. The smallest absolute Gasteiger partial charge is 0.322 e. The van der Waals surface area contributed by atoms with Crippen LogP contribution in [0, 0.1) is 0 Å². The molecule has 0 spiro atoms. The molecule has 0 aliphatic carbocycles. The van der Waals surface area contributed by atoms with Crippen molar-refractivity contribution in [2.24, 2.45) is 7.05 Å². The molecule has 154 valence electrons. The lowest BCUT2D eigenvalue weighted by Crippen LogP contribution is -2.36. The zero-order valence-corrected chi connectivity index (χ0v) is 17.1. The fourth-order valence-corrected chi connectivity index (χ4v) is 3.13. The maximum atomic E-state index is 13.1. The fraction of sp³-hybridized carbons (Fsp3) is 0.364. The maximum Gasteiger partial charge on any atom is 0.322 e. The maximum absolute atomic E-state index is 13.1. The van der Waals surface area contributed by atoms with E-state index >= 15 is 0 Å². The van der Waals surface area contributed by atoms with E-state index in [4.69, 9.17) is 9.15 Å². The van der Waals surface area contributed by atoms with Crippen LogP contribution in [0.3, 0.4) is 0 Å². The van der Waals surface area contributed by atoms with Crippen LogP contribution < -0.4 is 10.9 Å². The van der Waals surface area contributed by atoms with E-state index in [1.165, 1.54) is 4.57 Å². The standard InChI is InChI=1S/C22H27N3O4/c1-16(2)28-13-7-11-25(14-17-8-6-12-29-17)22(27)23-20-15-24(3)21(26)19-10-5-4-9-18(19)20/h4-6,8-10,12,15-16H,7,11,13-14H2,1-3H3,(H,23,27). The number of furan rings is 1. The van der Waals surface area contributed by atoms with Crippen LogP contribution in [0.2, 0.25) is 0 Å². The molecule has 0 saturated carbocycles. The number of hydrogen-bond donors (Lipinski definition) is 1. The molecule has 1 aromatic carbocycles. The molecule has 0 aliphatic heterocycles. The Labute approximate surface area is 169 Å². The molecule has 0 aliphatic rings. The number of rotatable bonds is 8. The van der Waals surface area contributed by atoms with Crippen molar-refractivity contribution in [3.8, 4) is 0 Å². The van der Waals surface area contributed by atoms with E-state index < -0.39 is 0 Å². The number of benzene rings is 1. The molecule has 2 heterocycles. The van der Waals surface area contributed by atoms with Crippen LogP contribution in [0.5, 0.6) is 0 Å². The highest BCUT2D eigenvalue weighted by molar-refractivity contribution is 6.00. The highest BCUT2D eigenvalue weighted by atomic mass is 16.5. The summed E-state index contributed by atoms with van der Waals surface area (Å²) in [5.41, 5.74) is 0.493. The van der Waals surface area contributed by atoms with E-state index in [2.05, 4.69) is 5.32 Å². The van der Waals surface area contributed by atoms with E-state index in [0.717, 1.165) is 0 Å². The number of nitrogens with zero attached hydrogens (tertiary/aromatic N) is 2. The Balaban J connectivity index is 1.79. The largest absolute Gasteiger partial charge is 0.467 e. The Morgan fingerprint density at radius 1 is 1.21 bits per heavy atom. The van der Waals surface area contributed by atoms with Crippen molar-refractivity contribution < 1.29 is 13.9 Å². The third-order valence-electron chi connectivity index (χ3n) is 4.57. The number of pyridine rings is 1. The van der Waals surface area contributed by atoms with E-state index in [1.807, 2.05) is 38.1 Å². The number of aromatic nitrogens is 1. The van der Waals surface area contributed by atoms with Gasteiger partial charge in [0.25, 0.3) is 5.56 Å². The second kappa shape index (κ2) is 9.43. The summed E-state index contributed by atoms with van der Waals surface area (Å²) < 4.78 is 12.5. The van der Waals surface area contributed by atoms with E-state index in [0.29, 0.717) is 48.3 Å². The second-order valence-corrected chi connectivity index (χ2v) is 7.21. The van der Waals surface area contributed by atoms with Crippen LogP contribution in [0.25, 0.3) is 10.8 Å². The number of aryl methyl sites for hydroxylation is 1. The summed E-state index contributed by atoms with van der Waals surface area (Å²) in [5, 5.41) is 4.24. The van der Waals surface area contributed by atoms with Gasteiger partial charge in [-0.15, -0.1) is 0 Å². The molecule has 2 amide bonds. The summed E-state index contributed by atoms with van der Waals surface area (Å²) in [5.74, 6) is 0.704. The third-order valence-corrected chi connectivity index (χ3v) is 4.57. The summed E-state index contributed by atoms with van der Waals surface area (Å²) in [6, 6.07) is 10.6. The topological polar surface area (TPSA) is 76.7 Å². The Kier molecular flexibility index (Phi) is 6.72. The van der Waals surface area contributed by atoms with Gasteiger partial charge in [0.1, 0.15) is 5.76 Å². The lowest BCUT2D eigenvalue weighted by atomic mass is 10.1. The monoisotopic (exact) mass is 397 g/mol.